The Bertz CT molecular complexity index is 2040. The second-order valence-corrected chi connectivity index (χ2v) is 12.6. The fraction of sp³-hybridized carbons (Fsp3) is 0.282. The van der Waals surface area contributed by atoms with Gasteiger partial charge in [0.15, 0.2) is 0 Å². The lowest BCUT2D eigenvalue weighted by Gasteiger charge is -2.36. The minimum absolute atomic E-state index is 0.0130. The van der Waals surface area contributed by atoms with Crippen LogP contribution in [0.15, 0.2) is 111 Å². The minimum atomic E-state index is -0.353. The Kier molecular flexibility index (Phi) is 10.7. The maximum atomic E-state index is 12.5. The molecule has 1 heterocycles. The number of hydrogen-bond donors (Lipinski definition) is 2. The van der Waals surface area contributed by atoms with Gasteiger partial charge in [0, 0.05) is 78.0 Å². The lowest BCUT2D eigenvalue weighted by atomic mass is 10.1. The molecule has 0 atom stereocenters. The molecule has 0 unspecified atom stereocenters. The van der Waals surface area contributed by atoms with Gasteiger partial charge in [-0.05, 0) is 61.9 Å². The van der Waals surface area contributed by atoms with E-state index in [1.54, 1.807) is 6.07 Å². The Labute approximate surface area is 291 Å². The van der Waals surface area contributed by atoms with Crippen molar-refractivity contribution >= 4 is 67.5 Å². The molecule has 5 aromatic carbocycles. The van der Waals surface area contributed by atoms with Crippen molar-refractivity contribution in [2.45, 2.75) is 39.2 Å². The number of carbonyl (C=O) groups is 2. The first-order chi connectivity index (χ1) is 24.3. The van der Waals surface area contributed by atoms with Gasteiger partial charge in [-0.15, -0.1) is 15.3 Å². The summed E-state index contributed by atoms with van der Waals surface area (Å²) in [5, 5.41) is 21.5. The van der Waals surface area contributed by atoms with Crippen molar-refractivity contribution in [2.24, 2.45) is 20.5 Å². The number of amides is 1. The zero-order valence-corrected chi connectivity index (χ0v) is 28.5. The summed E-state index contributed by atoms with van der Waals surface area (Å²) in [4.78, 5) is 29.0. The van der Waals surface area contributed by atoms with Gasteiger partial charge in [0.05, 0.1) is 35.8 Å². The van der Waals surface area contributed by atoms with Gasteiger partial charge in [0.2, 0.25) is 5.91 Å². The molecule has 50 heavy (non-hydrogen) atoms. The number of ether oxygens (including phenoxy) is 1. The first-order valence-corrected chi connectivity index (χ1v) is 16.9. The molecule has 0 aromatic heterocycles. The third-order valence-electron chi connectivity index (χ3n) is 9.03. The van der Waals surface area contributed by atoms with Gasteiger partial charge in [-0.3, -0.25) is 14.5 Å². The summed E-state index contributed by atoms with van der Waals surface area (Å²) in [5.41, 5.74) is 17.3. The number of hydrogen-bond acceptors (Lipinski definition) is 10. The molecule has 11 heteroatoms. The lowest BCUT2D eigenvalue weighted by Crippen LogP contribution is -2.50. The summed E-state index contributed by atoms with van der Waals surface area (Å²) in [5.74, 6) is -0.340. The number of piperazine rings is 1. The predicted octanol–water partition coefficient (Wildman–Crippen LogP) is 8.41. The van der Waals surface area contributed by atoms with E-state index in [1.165, 1.54) is 0 Å². The smallest absolute Gasteiger partial charge is 0.306 e. The van der Waals surface area contributed by atoms with Gasteiger partial charge in [0.25, 0.3) is 0 Å². The Hall–Kier alpha value is -5.68. The Balaban J connectivity index is 1.02. The summed E-state index contributed by atoms with van der Waals surface area (Å²) in [6.45, 7) is 7.72. The first kappa shape index (κ1) is 34.2. The number of fused-ring (bicyclic) bond motifs is 2. The lowest BCUT2D eigenvalue weighted by molar-refractivity contribution is -0.146. The largest absolute Gasteiger partial charge is 0.465 e. The molecule has 1 aliphatic rings. The third kappa shape index (κ3) is 8.12. The number of benzene rings is 5. The van der Waals surface area contributed by atoms with E-state index in [1.807, 2.05) is 89.8 Å². The molecule has 1 amide bonds. The number of nitrogen functional groups attached to an aromatic ring is 2. The number of carbonyl (C=O) groups excluding carboxylic acids is 2. The summed E-state index contributed by atoms with van der Waals surface area (Å²) >= 11 is 0. The molecule has 0 aliphatic carbocycles. The average Bonchev–Trinajstić information content (AvgIpc) is 3.13. The van der Waals surface area contributed by atoms with Crippen molar-refractivity contribution in [1.29, 1.82) is 0 Å². The van der Waals surface area contributed by atoms with Crippen LogP contribution in [-0.2, 0) is 20.7 Å². The first-order valence-electron chi connectivity index (χ1n) is 16.9. The number of esters is 1. The topological polar surface area (TPSA) is 151 Å². The van der Waals surface area contributed by atoms with Crippen LogP contribution in [0.4, 0.5) is 34.1 Å². The summed E-state index contributed by atoms with van der Waals surface area (Å²) in [7, 11) is 0. The molecular formula is C39H42N8O3. The molecule has 1 fully saturated rings. The summed E-state index contributed by atoms with van der Waals surface area (Å²) < 4.78 is 5.40. The van der Waals surface area contributed by atoms with Crippen LogP contribution in [-0.4, -0.2) is 60.5 Å². The van der Waals surface area contributed by atoms with E-state index in [4.69, 9.17) is 16.2 Å². The molecule has 6 rings (SSSR count). The number of nitrogens with two attached hydrogens (primary N) is 2. The van der Waals surface area contributed by atoms with Gasteiger partial charge in [0.1, 0.15) is 0 Å². The van der Waals surface area contributed by atoms with E-state index < -0.39 is 0 Å². The van der Waals surface area contributed by atoms with Gasteiger partial charge in [-0.2, -0.15) is 5.11 Å². The molecule has 5 aromatic rings. The molecule has 0 bridgehead atoms. The van der Waals surface area contributed by atoms with Crippen molar-refractivity contribution < 1.29 is 14.3 Å². The standard InChI is InChI=1S/C39H42N8O3/c1-26(2)46-21-23-47(24-22-46)37(48)18-19-38(49)50-25-20-27-10-12-28(13-11-27)42-43-34-16-17-35(30-7-4-3-6-29(30)34)44-45-36-15-14-33(41)39-31(36)8-5-9-32(39)40/h3-17,26H,18-25,40-41H2,1-2H3. The highest BCUT2D eigenvalue weighted by Crippen LogP contribution is 2.38. The van der Waals surface area contributed by atoms with E-state index >= 15 is 0 Å². The van der Waals surface area contributed by atoms with E-state index in [0.717, 1.165) is 40.2 Å². The van der Waals surface area contributed by atoms with Crippen molar-refractivity contribution in [2.75, 3.05) is 44.3 Å². The van der Waals surface area contributed by atoms with Gasteiger partial charge >= 0.3 is 5.97 Å². The van der Waals surface area contributed by atoms with Crippen LogP contribution < -0.4 is 11.5 Å². The zero-order chi connectivity index (χ0) is 35.0. The zero-order valence-electron chi connectivity index (χ0n) is 28.5. The maximum absolute atomic E-state index is 12.5. The van der Waals surface area contributed by atoms with Crippen molar-refractivity contribution in [3.63, 3.8) is 0 Å². The molecule has 0 saturated carbocycles. The second kappa shape index (κ2) is 15.7. The molecule has 1 saturated heterocycles. The van der Waals surface area contributed by atoms with Crippen LogP contribution in [0.25, 0.3) is 21.5 Å². The molecule has 256 valence electrons. The highest BCUT2D eigenvalue weighted by atomic mass is 16.5. The maximum Gasteiger partial charge on any atom is 0.306 e. The van der Waals surface area contributed by atoms with Crippen LogP contribution in [0.1, 0.15) is 32.3 Å². The Morgan fingerprint density at radius 2 is 1.26 bits per heavy atom. The van der Waals surface area contributed by atoms with Gasteiger partial charge < -0.3 is 21.1 Å². The molecule has 4 N–H and O–H groups in total. The van der Waals surface area contributed by atoms with Crippen molar-refractivity contribution in [1.82, 2.24) is 9.80 Å². The van der Waals surface area contributed by atoms with E-state index in [-0.39, 0.29) is 31.3 Å². The molecule has 1 aliphatic heterocycles. The summed E-state index contributed by atoms with van der Waals surface area (Å²) in [6, 6.07) is 29.0. The quantitative estimate of drug-likeness (QED) is 0.0818. The Morgan fingerprint density at radius 3 is 1.92 bits per heavy atom. The SMILES string of the molecule is CC(C)N1CCN(C(=O)CCC(=O)OCCc2ccc(N=Nc3ccc(N=Nc4ccc(N)c5c(N)cccc45)c4ccccc34)cc2)CC1. The molecular weight excluding hydrogens is 628 g/mol. The van der Waals surface area contributed by atoms with Crippen LogP contribution in [0, 0.1) is 0 Å². The van der Waals surface area contributed by atoms with E-state index in [9.17, 15) is 9.59 Å². The monoisotopic (exact) mass is 670 g/mol. The van der Waals surface area contributed by atoms with Crippen LogP contribution in [0.3, 0.4) is 0 Å². The molecule has 11 nitrogen and oxygen atoms in total. The van der Waals surface area contributed by atoms with Crippen LogP contribution >= 0.6 is 0 Å². The normalized spacial score (nSPS) is 14.0. The number of anilines is 2. The number of rotatable bonds is 11. The van der Waals surface area contributed by atoms with Crippen molar-refractivity contribution in [3.05, 3.63) is 96.6 Å². The number of nitrogens with zero attached hydrogens (tertiary/aromatic N) is 6. The minimum Gasteiger partial charge on any atom is -0.465 e. The predicted molar refractivity (Wildman–Crippen MR) is 199 cm³/mol. The van der Waals surface area contributed by atoms with Gasteiger partial charge in [-0.25, -0.2) is 0 Å². The van der Waals surface area contributed by atoms with Crippen molar-refractivity contribution in [3.8, 4) is 0 Å². The fourth-order valence-electron chi connectivity index (χ4n) is 6.13. The average molecular weight is 671 g/mol. The van der Waals surface area contributed by atoms with E-state index in [0.29, 0.717) is 59.7 Å². The molecule has 0 radical (unpaired) electrons. The highest BCUT2D eigenvalue weighted by molar-refractivity contribution is 6.07. The highest BCUT2D eigenvalue weighted by Gasteiger charge is 2.23. The molecule has 0 spiro atoms. The Morgan fingerprint density at radius 1 is 0.680 bits per heavy atom. The summed E-state index contributed by atoms with van der Waals surface area (Å²) in [6.07, 6.45) is 0.837. The fourth-order valence-corrected chi connectivity index (χ4v) is 6.13. The van der Waals surface area contributed by atoms with Crippen LogP contribution in [0.5, 0.6) is 0 Å². The van der Waals surface area contributed by atoms with E-state index in [2.05, 4.69) is 39.2 Å². The third-order valence-corrected chi connectivity index (χ3v) is 9.03. The van der Waals surface area contributed by atoms with Gasteiger partial charge in [-0.1, -0.05) is 48.5 Å². The van der Waals surface area contributed by atoms with Crippen LogP contribution in [0.2, 0.25) is 0 Å². The number of azo groups is 2. The second-order valence-electron chi connectivity index (χ2n) is 12.6.